The summed E-state index contributed by atoms with van der Waals surface area (Å²) in [4.78, 5) is 28.8. The molecule has 26 heavy (non-hydrogen) atoms. The number of rotatable bonds is 4. The van der Waals surface area contributed by atoms with Crippen LogP contribution in [-0.4, -0.2) is 33.8 Å². The number of hydrogen-bond donors (Lipinski definition) is 1. The van der Waals surface area contributed by atoms with Crippen LogP contribution < -0.4 is 5.32 Å². The fourth-order valence-electron chi connectivity index (χ4n) is 2.71. The minimum Gasteiger partial charge on any atom is -0.465 e. The third-order valence-electron chi connectivity index (χ3n) is 3.99. The van der Waals surface area contributed by atoms with Crippen molar-refractivity contribution < 1.29 is 14.3 Å². The van der Waals surface area contributed by atoms with Gasteiger partial charge in [0.05, 0.1) is 29.8 Å². The van der Waals surface area contributed by atoms with Gasteiger partial charge in [-0.2, -0.15) is 5.10 Å². The number of esters is 1. The number of anilines is 1. The molecule has 2 heterocycles. The summed E-state index contributed by atoms with van der Waals surface area (Å²) in [5, 5.41) is 7.90. The van der Waals surface area contributed by atoms with Crippen molar-refractivity contribution in [1.29, 1.82) is 0 Å². The van der Waals surface area contributed by atoms with Crippen molar-refractivity contribution in [3.05, 3.63) is 53.3 Å². The van der Waals surface area contributed by atoms with E-state index in [1.165, 1.54) is 7.11 Å². The standard InChI is InChI=1S/C19H20N4O3/c1-11(2)23-17-16(10-20-23)15(9-12(3)21-17)18(24)22-14-7-5-13(6-8-14)19(25)26-4/h5-11H,1-4H3,(H,22,24). The number of methoxy groups -OCH3 is 1. The lowest BCUT2D eigenvalue weighted by Gasteiger charge is -2.10. The fourth-order valence-corrected chi connectivity index (χ4v) is 2.71. The molecular weight excluding hydrogens is 332 g/mol. The Hall–Kier alpha value is -3.22. The predicted molar refractivity (Wildman–Crippen MR) is 98.4 cm³/mol. The Balaban J connectivity index is 1.92. The molecule has 0 spiro atoms. The van der Waals surface area contributed by atoms with Crippen molar-refractivity contribution in [2.24, 2.45) is 0 Å². The lowest BCUT2D eigenvalue weighted by molar-refractivity contribution is 0.0600. The summed E-state index contributed by atoms with van der Waals surface area (Å²) >= 11 is 0. The molecule has 1 N–H and O–H groups in total. The van der Waals surface area contributed by atoms with Gasteiger partial charge < -0.3 is 10.1 Å². The van der Waals surface area contributed by atoms with Crippen LogP contribution in [-0.2, 0) is 4.74 Å². The van der Waals surface area contributed by atoms with E-state index in [9.17, 15) is 9.59 Å². The topological polar surface area (TPSA) is 86.1 Å². The molecule has 3 aromatic rings. The number of benzene rings is 1. The van der Waals surface area contributed by atoms with E-state index in [-0.39, 0.29) is 11.9 Å². The molecule has 0 aliphatic heterocycles. The van der Waals surface area contributed by atoms with E-state index >= 15 is 0 Å². The Kier molecular flexibility index (Phi) is 4.71. The summed E-state index contributed by atoms with van der Waals surface area (Å²) in [5.74, 6) is -0.676. The minimum atomic E-state index is -0.421. The van der Waals surface area contributed by atoms with E-state index in [2.05, 4.69) is 20.1 Å². The number of hydrogen-bond acceptors (Lipinski definition) is 5. The zero-order valence-electron chi connectivity index (χ0n) is 15.1. The van der Waals surface area contributed by atoms with Gasteiger partial charge in [0, 0.05) is 17.4 Å². The highest BCUT2D eigenvalue weighted by Crippen LogP contribution is 2.22. The Morgan fingerprint density at radius 1 is 1.19 bits per heavy atom. The maximum Gasteiger partial charge on any atom is 0.337 e. The number of aryl methyl sites for hydroxylation is 1. The summed E-state index contributed by atoms with van der Waals surface area (Å²) in [6.07, 6.45) is 1.66. The van der Waals surface area contributed by atoms with E-state index in [4.69, 9.17) is 0 Å². The number of nitrogens with zero attached hydrogens (tertiary/aromatic N) is 3. The highest BCUT2D eigenvalue weighted by molar-refractivity contribution is 6.12. The molecule has 0 bridgehead atoms. The molecule has 0 saturated heterocycles. The Labute approximate surface area is 151 Å². The van der Waals surface area contributed by atoms with Crippen LogP contribution in [0.15, 0.2) is 36.5 Å². The Morgan fingerprint density at radius 2 is 1.88 bits per heavy atom. The van der Waals surface area contributed by atoms with Crippen molar-refractivity contribution in [3.63, 3.8) is 0 Å². The van der Waals surface area contributed by atoms with E-state index in [1.807, 2.05) is 20.8 Å². The molecule has 0 unspecified atom stereocenters. The second-order valence-corrected chi connectivity index (χ2v) is 6.25. The van der Waals surface area contributed by atoms with Gasteiger partial charge in [0.1, 0.15) is 0 Å². The number of pyridine rings is 1. The molecule has 134 valence electrons. The Morgan fingerprint density at radius 3 is 2.50 bits per heavy atom. The maximum atomic E-state index is 12.8. The molecule has 0 saturated carbocycles. The second-order valence-electron chi connectivity index (χ2n) is 6.25. The Bertz CT molecular complexity index is 974. The van der Waals surface area contributed by atoms with E-state index in [0.29, 0.717) is 27.8 Å². The number of ether oxygens (including phenoxy) is 1. The average molecular weight is 352 g/mol. The van der Waals surface area contributed by atoms with Crippen molar-refractivity contribution in [2.75, 3.05) is 12.4 Å². The van der Waals surface area contributed by atoms with Crippen molar-refractivity contribution in [2.45, 2.75) is 26.8 Å². The van der Waals surface area contributed by atoms with Crippen LogP contribution in [0, 0.1) is 6.92 Å². The number of amides is 1. The molecule has 0 atom stereocenters. The molecule has 2 aromatic heterocycles. The summed E-state index contributed by atoms with van der Waals surface area (Å²) in [7, 11) is 1.33. The predicted octanol–water partition coefficient (Wildman–Crippen LogP) is 3.36. The third-order valence-corrected chi connectivity index (χ3v) is 3.99. The monoisotopic (exact) mass is 352 g/mol. The van der Waals surface area contributed by atoms with E-state index < -0.39 is 5.97 Å². The van der Waals surface area contributed by atoms with Gasteiger partial charge in [0.15, 0.2) is 5.65 Å². The molecule has 7 heteroatoms. The molecule has 0 aliphatic rings. The van der Waals surface area contributed by atoms with Gasteiger partial charge >= 0.3 is 5.97 Å². The normalized spacial score (nSPS) is 11.0. The van der Waals surface area contributed by atoms with Crippen molar-refractivity contribution in [3.8, 4) is 0 Å². The van der Waals surface area contributed by atoms with Crippen LogP contribution in [0.1, 0.15) is 46.3 Å². The first-order chi connectivity index (χ1) is 12.4. The van der Waals surface area contributed by atoms with Crippen molar-refractivity contribution >= 4 is 28.6 Å². The molecule has 3 rings (SSSR count). The number of carbonyl (C=O) groups is 2. The molecule has 1 amide bonds. The van der Waals surface area contributed by atoms with Crippen molar-refractivity contribution in [1.82, 2.24) is 14.8 Å². The van der Waals surface area contributed by atoms with Crippen LogP contribution in [0.2, 0.25) is 0 Å². The molecule has 0 aliphatic carbocycles. The van der Waals surface area contributed by atoms with Crippen LogP contribution >= 0.6 is 0 Å². The summed E-state index contributed by atoms with van der Waals surface area (Å²) in [6, 6.07) is 8.41. The van der Waals surface area contributed by atoms with Gasteiger partial charge in [0.25, 0.3) is 5.91 Å². The zero-order chi connectivity index (χ0) is 18.8. The van der Waals surface area contributed by atoms with Gasteiger partial charge in [0.2, 0.25) is 0 Å². The van der Waals surface area contributed by atoms with Gasteiger partial charge in [-0.05, 0) is 51.1 Å². The van der Waals surface area contributed by atoms with Crippen LogP contribution in [0.25, 0.3) is 11.0 Å². The molecular formula is C19H20N4O3. The average Bonchev–Trinajstić information content (AvgIpc) is 3.04. The smallest absolute Gasteiger partial charge is 0.337 e. The maximum absolute atomic E-state index is 12.8. The molecule has 7 nitrogen and oxygen atoms in total. The number of carbonyl (C=O) groups excluding carboxylic acids is 2. The quantitative estimate of drug-likeness (QED) is 0.728. The lowest BCUT2D eigenvalue weighted by Crippen LogP contribution is -2.13. The van der Waals surface area contributed by atoms with Gasteiger partial charge in [-0.15, -0.1) is 0 Å². The van der Waals surface area contributed by atoms with Crippen LogP contribution in [0.3, 0.4) is 0 Å². The second kappa shape index (κ2) is 6.95. The SMILES string of the molecule is COC(=O)c1ccc(NC(=O)c2cc(C)nc3c2cnn3C(C)C)cc1. The first kappa shape index (κ1) is 17.6. The number of nitrogens with one attached hydrogen (secondary N) is 1. The number of aromatic nitrogens is 3. The van der Waals surface area contributed by atoms with E-state index in [0.717, 1.165) is 5.69 Å². The molecule has 0 radical (unpaired) electrons. The summed E-state index contributed by atoms with van der Waals surface area (Å²) in [5.41, 5.74) is 2.95. The first-order valence-electron chi connectivity index (χ1n) is 8.25. The van der Waals surface area contributed by atoms with Gasteiger partial charge in [-0.1, -0.05) is 0 Å². The van der Waals surface area contributed by atoms with Crippen LogP contribution in [0.5, 0.6) is 0 Å². The highest BCUT2D eigenvalue weighted by Gasteiger charge is 2.17. The zero-order valence-corrected chi connectivity index (χ0v) is 15.1. The fraction of sp³-hybridized carbons (Fsp3) is 0.263. The third kappa shape index (κ3) is 3.28. The highest BCUT2D eigenvalue weighted by atomic mass is 16.5. The van der Waals surface area contributed by atoms with Gasteiger partial charge in [-0.25, -0.2) is 14.5 Å². The molecule has 0 fully saturated rings. The van der Waals surface area contributed by atoms with Gasteiger partial charge in [-0.3, -0.25) is 4.79 Å². The molecule has 1 aromatic carbocycles. The van der Waals surface area contributed by atoms with Crippen LogP contribution in [0.4, 0.5) is 5.69 Å². The summed E-state index contributed by atoms with van der Waals surface area (Å²) < 4.78 is 6.46. The lowest BCUT2D eigenvalue weighted by atomic mass is 10.1. The largest absolute Gasteiger partial charge is 0.465 e. The summed E-state index contributed by atoms with van der Waals surface area (Å²) in [6.45, 7) is 5.87. The minimum absolute atomic E-state index is 0.142. The first-order valence-corrected chi connectivity index (χ1v) is 8.25. The number of fused-ring (bicyclic) bond motifs is 1. The van der Waals surface area contributed by atoms with E-state index in [1.54, 1.807) is 41.2 Å².